The van der Waals surface area contributed by atoms with Crippen molar-refractivity contribution in [3.63, 3.8) is 0 Å². The number of hydrogen-bond donors (Lipinski definition) is 1. The first kappa shape index (κ1) is 14.8. The van der Waals surface area contributed by atoms with Crippen LogP contribution in [0.3, 0.4) is 0 Å². The normalized spacial score (nSPS) is 13.1. The van der Waals surface area contributed by atoms with Crippen molar-refractivity contribution in [3.05, 3.63) is 71.3 Å². The quantitative estimate of drug-likeness (QED) is 0.919. The van der Waals surface area contributed by atoms with Gasteiger partial charge in [0.1, 0.15) is 0 Å². The molecule has 0 aromatic heterocycles. The Kier molecular flexibility index (Phi) is 4.57. The summed E-state index contributed by atoms with van der Waals surface area (Å²) in [5.74, 6) is 0.0716. The summed E-state index contributed by atoms with van der Waals surface area (Å²) >= 11 is 0. The summed E-state index contributed by atoms with van der Waals surface area (Å²) in [7, 11) is -3.28. The first-order valence-electron chi connectivity index (χ1n) is 6.63. The molecule has 0 unspecified atom stereocenters. The van der Waals surface area contributed by atoms with Crippen LogP contribution in [-0.4, -0.2) is 14.2 Å². The van der Waals surface area contributed by atoms with Gasteiger partial charge < -0.3 is 0 Å². The van der Waals surface area contributed by atoms with Crippen molar-refractivity contribution in [3.8, 4) is 0 Å². The zero-order chi connectivity index (χ0) is 14.6. The average Bonchev–Trinajstić information content (AvgIpc) is 2.47. The lowest BCUT2D eigenvalue weighted by Crippen LogP contribution is -2.30. The third-order valence-corrected chi connectivity index (χ3v) is 4.58. The fraction of sp³-hybridized carbons (Fsp3) is 0.250. The molecule has 0 fully saturated rings. The van der Waals surface area contributed by atoms with E-state index < -0.39 is 10.0 Å². The van der Waals surface area contributed by atoms with Crippen LogP contribution in [0.1, 0.15) is 29.7 Å². The van der Waals surface area contributed by atoms with Crippen molar-refractivity contribution in [1.82, 2.24) is 4.72 Å². The van der Waals surface area contributed by atoms with Crippen molar-refractivity contribution in [2.45, 2.75) is 19.9 Å². The molecule has 0 aliphatic heterocycles. The first-order valence-corrected chi connectivity index (χ1v) is 8.28. The lowest BCUT2D eigenvalue weighted by Gasteiger charge is -2.19. The van der Waals surface area contributed by atoms with Gasteiger partial charge in [0.05, 0.1) is 11.8 Å². The highest BCUT2D eigenvalue weighted by molar-refractivity contribution is 7.89. The molecule has 0 saturated heterocycles. The van der Waals surface area contributed by atoms with Crippen LogP contribution < -0.4 is 4.72 Å². The van der Waals surface area contributed by atoms with E-state index in [1.807, 2.05) is 61.5 Å². The van der Waals surface area contributed by atoms with Crippen LogP contribution in [0.15, 0.2) is 54.6 Å². The maximum Gasteiger partial charge on any atom is 0.212 e. The SMILES string of the molecule is CCS(=O)(=O)N[C@H](c1ccccc1)c1ccc(C)cc1. The molecule has 0 radical (unpaired) electrons. The van der Waals surface area contributed by atoms with Crippen LogP contribution in [0.4, 0.5) is 0 Å². The summed E-state index contributed by atoms with van der Waals surface area (Å²) in [4.78, 5) is 0. The van der Waals surface area contributed by atoms with Gasteiger partial charge in [-0.15, -0.1) is 0 Å². The van der Waals surface area contributed by atoms with Gasteiger partial charge in [0.2, 0.25) is 10.0 Å². The van der Waals surface area contributed by atoms with Gasteiger partial charge in [0, 0.05) is 0 Å². The van der Waals surface area contributed by atoms with E-state index in [2.05, 4.69) is 4.72 Å². The average molecular weight is 289 g/mol. The van der Waals surface area contributed by atoms with Gasteiger partial charge in [-0.25, -0.2) is 13.1 Å². The molecule has 0 bridgehead atoms. The van der Waals surface area contributed by atoms with Crippen LogP contribution in [0.2, 0.25) is 0 Å². The second-order valence-electron chi connectivity index (χ2n) is 4.78. The monoisotopic (exact) mass is 289 g/mol. The van der Waals surface area contributed by atoms with Crippen LogP contribution in [0.25, 0.3) is 0 Å². The van der Waals surface area contributed by atoms with Crippen LogP contribution >= 0.6 is 0 Å². The fourth-order valence-electron chi connectivity index (χ4n) is 2.00. The molecule has 3 nitrogen and oxygen atoms in total. The topological polar surface area (TPSA) is 46.2 Å². The smallest absolute Gasteiger partial charge is 0.212 e. The second-order valence-corrected chi connectivity index (χ2v) is 6.82. The van der Waals surface area contributed by atoms with Gasteiger partial charge in [-0.1, -0.05) is 60.2 Å². The van der Waals surface area contributed by atoms with E-state index in [-0.39, 0.29) is 11.8 Å². The second kappa shape index (κ2) is 6.20. The minimum atomic E-state index is -3.28. The van der Waals surface area contributed by atoms with Gasteiger partial charge in [0.25, 0.3) is 0 Å². The summed E-state index contributed by atoms with van der Waals surface area (Å²) < 4.78 is 26.6. The number of sulfonamides is 1. The van der Waals surface area contributed by atoms with Crippen LogP contribution in [-0.2, 0) is 10.0 Å². The zero-order valence-corrected chi connectivity index (χ0v) is 12.5. The molecule has 0 saturated carbocycles. The van der Waals surface area contributed by atoms with E-state index >= 15 is 0 Å². The summed E-state index contributed by atoms with van der Waals surface area (Å²) in [6, 6.07) is 17.2. The third kappa shape index (κ3) is 3.68. The number of rotatable bonds is 5. The van der Waals surface area contributed by atoms with Crippen molar-refractivity contribution in [2.24, 2.45) is 0 Å². The first-order chi connectivity index (χ1) is 9.52. The highest BCUT2D eigenvalue weighted by atomic mass is 32.2. The van der Waals surface area contributed by atoms with E-state index in [4.69, 9.17) is 0 Å². The maximum absolute atomic E-state index is 11.9. The van der Waals surface area contributed by atoms with E-state index in [0.717, 1.165) is 16.7 Å². The third-order valence-electron chi connectivity index (χ3n) is 3.22. The summed E-state index contributed by atoms with van der Waals surface area (Å²) in [6.07, 6.45) is 0. The molecule has 0 spiro atoms. The molecule has 1 atom stereocenters. The number of aryl methyl sites for hydroxylation is 1. The Balaban J connectivity index is 2.42. The predicted molar refractivity (Wildman–Crippen MR) is 82.1 cm³/mol. The predicted octanol–water partition coefficient (Wildman–Crippen LogP) is 3.02. The molecule has 106 valence electrons. The lowest BCUT2D eigenvalue weighted by molar-refractivity contribution is 0.573. The Hall–Kier alpha value is -1.65. The zero-order valence-electron chi connectivity index (χ0n) is 11.7. The standard InChI is InChI=1S/C16H19NO2S/c1-3-20(18,19)17-16(14-7-5-4-6-8-14)15-11-9-13(2)10-12-15/h4-12,16-17H,3H2,1-2H3/t16-/m1/s1. The summed E-state index contributed by atoms with van der Waals surface area (Å²) in [5, 5.41) is 0. The lowest BCUT2D eigenvalue weighted by atomic mass is 9.99. The van der Waals surface area contributed by atoms with Gasteiger partial charge in [-0.05, 0) is 25.0 Å². The van der Waals surface area contributed by atoms with Gasteiger partial charge in [0.15, 0.2) is 0 Å². The molecule has 0 aliphatic carbocycles. The molecule has 0 aliphatic rings. The van der Waals surface area contributed by atoms with Crippen LogP contribution in [0, 0.1) is 6.92 Å². The van der Waals surface area contributed by atoms with Crippen molar-refractivity contribution in [1.29, 1.82) is 0 Å². The number of hydrogen-bond acceptors (Lipinski definition) is 2. The van der Waals surface area contributed by atoms with E-state index in [1.54, 1.807) is 6.92 Å². The van der Waals surface area contributed by atoms with Gasteiger partial charge >= 0.3 is 0 Å². The van der Waals surface area contributed by atoms with E-state index in [1.165, 1.54) is 0 Å². The molecular formula is C16H19NO2S. The molecule has 2 aromatic carbocycles. The molecule has 2 aromatic rings. The van der Waals surface area contributed by atoms with Crippen molar-refractivity contribution in [2.75, 3.05) is 5.75 Å². The molecule has 4 heteroatoms. The largest absolute Gasteiger partial charge is 0.212 e. The summed E-state index contributed by atoms with van der Waals surface area (Å²) in [6.45, 7) is 3.65. The minimum Gasteiger partial charge on any atom is -0.212 e. The highest BCUT2D eigenvalue weighted by Gasteiger charge is 2.19. The van der Waals surface area contributed by atoms with Gasteiger partial charge in [-0.3, -0.25) is 0 Å². The Morgan fingerprint density at radius 3 is 2.05 bits per heavy atom. The highest BCUT2D eigenvalue weighted by Crippen LogP contribution is 2.23. The Morgan fingerprint density at radius 2 is 1.50 bits per heavy atom. The Bertz CT molecular complexity index is 649. The van der Waals surface area contributed by atoms with E-state index in [0.29, 0.717) is 0 Å². The van der Waals surface area contributed by atoms with E-state index in [9.17, 15) is 8.42 Å². The summed E-state index contributed by atoms with van der Waals surface area (Å²) in [5.41, 5.74) is 3.03. The van der Waals surface area contributed by atoms with Crippen LogP contribution in [0.5, 0.6) is 0 Å². The molecule has 1 N–H and O–H groups in total. The number of nitrogens with one attached hydrogen (secondary N) is 1. The Labute approximate surface area is 120 Å². The Morgan fingerprint density at radius 1 is 0.950 bits per heavy atom. The minimum absolute atomic E-state index is 0.0716. The maximum atomic E-state index is 11.9. The molecule has 0 heterocycles. The molecular weight excluding hydrogens is 270 g/mol. The fourth-order valence-corrected chi connectivity index (χ4v) is 2.79. The molecule has 2 rings (SSSR count). The molecule has 0 amide bonds. The van der Waals surface area contributed by atoms with Crippen molar-refractivity contribution >= 4 is 10.0 Å². The molecule has 20 heavy (non-hydrogen) atoms. The number of benzene rings is 2. The van der Waals surface area contributed by atoms with Crippen molar-refractivity contribution < 1.29 is 8.42 Å². The van der Waals surface area contributed by atoms with Gasteiger partial charge in [-0.2, -0.15) is 0 Å².